The molecule has 0 spiro atoms. The molecule has 0 radical (unpaired) electrons. The second kappa shape index (κ2) is 11.9. The molecule has 0 saturated carbocycles. The number of fused-ring (bicyclic) bond motifs is 1. The van der Waals surface area contributed by atoms with Gasteiger partial charge in [0.1, 0.15) is 0 Å². The molecule has 0 fully saturated rings. The van der Waals surface area contributed by atoms with E-state index in [1.54, 1.807) is 0 Å². The van der Waals surface area contributed by atoms with Crippen LogP contribution in [0.25, 0.3) is 0 Å². The Bertz CT molecular complexity index is 627. The van der Waals surface area contributed by atoms with E-state index in [0.29, 0.717) is 25.3 Å². The molecule has 1 aromatic carbocycles. The van der Waals surface area contributed by atoms with Gasteiger partial charge in [-0.05, 0) is 36.8 Å². The van der Waals surface area contributed by atoms with Gasteiger partial charge in [0.2, 0.25) is 11.8 Å². The fourth-order valence-corrected chi connectivity index (χ4v) is 3.90. The minimum absolute atomic E-state index is 0.198. The molecule has 28 heavy (non-hydrogen) atoms. The highest BCUT2D eigenvalue weighted by molar-refractivity contribution is 5.94. The van der Waals surface area contributed by atoms with E-state index in [1.165, 1.54) is 19.3 Å². The number of carbonyl (C=O) groups is 2. The van der Waals surface area contributed by atoms with E-state index < -0.39 is 0 Å². The van der Waals surface area contributed by atoms with Gasteiger partial charge in [-0.1, -0.05) is 64.7 Å². The molecular weight excluding hydrogens is 348 g/mol. The van der Waals surface area contributed by atoms with Crippen LogP contribution >= 0.6 is 0 Å². The van der Waals surface area contributed by atoms with Crippen molar-refractivity contribution >= 4 is 17.5 Å². The van der Waals surface area contributed by atoms with Crippen LogP contribution in [0.1, 0.15) is 84.1 Å². The molecule has 1 aromatic rings. The van der Waals surface area contributed by atoms with Crippen molar-refractivity contribution in [2.24, 2.45) is 5.92 Å². The van der Waals surface area contributed by atoms with Gasteiger partial charge in [-0.15, -0.1) is 0 Å². The number of hydrogen-bond acceptors (Lipinski definition) is 2. The van der Waals surface area contributed by atoms with Crippen LogP contribution in [0.15, 0.2) is 24.3 Å². The summed E-state index contributed by atoms with van der Waals surface area (Å²) < 4.78 is 0. The molecule has 0 aliphatic carbocycles. The van der Waals surface area contributed by atoms with Crippen LogP contribution in [0.3, 0.4) is 0 Å². The number of benzene rings is 1. The quantitative estimate of drug-likeness (QED) is 0.681. The van der Waals surface area contributed by atoms with Crippen LogP contribution in [0.4, 0.5) is 5.69 Å². The van der Waals surface area contributed by atoms with Gasteiger partial charge in [-0.3, -0.25) is 9.59 Å². The Hall–Kier alpha value is -1.84. The molecule has 0 saturated heterocycles. The monoisotopic (exact) mass is 386 g/mol. The first-order chi connectivity index (χ1) is 13.5. The molecule has 1 heterocycles. The maximum Gasteiger partial charge on any atom is 0.227 e. The lowest BCUT2D eigenvalue weighted by Crippen LogP contribution is -2.35. The largest absolute Gasteiger partial charge is 0.338 e. The zero-order chi connectivity index (χ0) is 20.4. The zero-order valence-electron chi connectivity index (χ0n) is 18.1. The van der Waals surface area contributed by atoms with Crippen molar-refractivity contribution in [3.8, 4) is 0 Å². The lowest BCUT2D eigenvalue weighted by molar-refractivity contribution is -0.132. The third kappa shape index (κ3) is 6.96. The summed E-state index contributed by atoms with van der Waals surface area (Å²) >= 11 is 0. The molecule has 2 amide bonds. The average Bonchev–Trinajstić information content (AvgIpc) is 2.67. The van der Waals surface area contributed by atoms with Crippen molar-refractivity contribution < 1.29 is 9.59 Å². The van der Waals surface area contributed by atoms with Crippen LogP contribution in [0.5, 0.6) is 0 Å². The van der Waals surface area contributed by atoms with E-state index in [2.05, 4.69) is 32.9 Å². The fraction of sp³-hybridized carbons (Fsp3) is 0.667. The van der Waals surface area contributed by atoms with Crippen LogP contribution in [-0.2, 0) is 16.1 Å². The number of rotatable bonds is 4. The highest BCUT2D eigenvalue weighted by atomic mass is 16.2. The Kier molecular flexibility index (Phi) is 9.52. The van der Waals surface area contributed by atoms with Gasteiger partial charge >= 0.3 is 0 Å². The highest BCUT2D eigenvalue weighted by Crippen LogP contribution is 2.25. The third-order valence-electron chi connectivity index (χ3n) is 5.40. The summed E-state index contributed by atoms with van der Waals surface area (Å²) in [5.41, 5.74) is 2.07. The molecule has 0 bridgehead atoms. The van der Waals surface area contributed by atoms with Crippen molar-refractivity contribution in [1.82, 2.24) is 4.90 Å². The number of anilines is 1. The Balaban J connectivity index is 2.33. The molecule has 0 aromatic heterocycles. The highest BCUT2D eigenvalue weighted by Gasteiger charge is 2.22. The number of hydrogen-bond donors (Lipinski definition) is 0. The van der Waals surface area contributed by atoms with Gasteiger partial charge in [0.25, 0.3) is 0 Å². The Morgan fingerprint density at radius 2 is 1.57 bits per heavy atom. The van der Waals surface area contributed by atoms with Crippen molar-refractivity contribution in [2.45, 2.75) is 85.1 Å². The Labute approximate surface area is 171 Å². The van der Waals surface area contributed by atoms with Crippen molar-refractivity contribution in [3.05, 3.63) is 29.8 Å². The average molecular weight is 387 g/mol. The Morgan fingerprint density at radius 3 is 2.25 bits per heavy atom. The molecule has 1 aliphatic rings. The molecule has 4 heteroatoms. The first-order valence-corrected chi connectivity index (χ1v) is 11.2. The molecule has 0 atom stereocenters. The smallest absolute Gasteiger partial charge is 0.227 e. The number of amides is 2. The maximum atomic E-state index is 13.0. The number of para-hydroxylation sites is 1. The summed E-state index contributed by atoms with van der Waals surface area (Å²) in [5.74, 6) is 0.767. The number of nitrogens with zero attached hydrogens (tertiary/aromatic N) is 2. The zero-order valence-corrected chi connectivity index (χ0v) is 18.1. The standard InChI is InChI=1S/C24H38N2O2/c1-4-13-23(27)25-16-11-7-5-6-8-12-17-26(24(28)18-20(2)3)22-15-10-9-14-21(22)19-25/h9-10,14-15,20H,4-8,11-13,16-19H2,1-3H3. The topological polar surface area (TPSA) is 40.6 Å². The van der Waals surface area contributed by atoms with E-state index in [4.69, 9.17) is 0 Å². The summed E-state index contributed by atoms with van der Waals surface area (Å²) in [6.45, 7) is 8.42. The van der Waals surface area contributed by atoms with Gasteiger partial charge in [-0.25, -0.2) is 0 Å². The normalized spacial score (nSPS) is 16.7. The van der Waals surface area contributed by atoms with Gasteiger partial charge in [0, 0.05) is 38.2 Å². The summed E-state index contributed by atoms with van der Waals surface area (Å²) in [5, 5.41) is 0. The van der Waals surface area contributed by atoms with Crippen LogP contribution in [-0.4, -0.2) is 29.8 Å². The first-order valence-electron chi connectivity index (χ1n) is 11.2. The molecule has 0 unspecified atom stereocenters. The van der Waals surface area contributed by atoms with Crippen molar-refractivity contribution in [2.75, 3.05) is 18.0 Å². The molecule has 1 aliphatic heterocycles. The summed E-state index contributed by atoms with van der Waals surface area (Å²) in [7, 11) is 0. The SMILES string of the molecule is CCCC(=O)N1CCCCCCCCN(C(=O)CC(C)C)c2ccccc2C1. The summed E-state index contributed by atoms with van der Waals surface area (Å²) in [4.78, 5) is 29.7. The molecule has 0 N–H and O–H groups in total. The lowest BCUT2D eigenvalue weighted by Gasteiger charge is -2.29. The van der Waals surface area contributed by atoms with Crippen LogP contribution in [0.2, 0.25) is 0 Å². The summed E-state index contributed by atoms with van der Waals surface area (Å²) in [6.07, 6.45) is 8.88. The fourth-order valence-electron chi connectivity index (χ4n) is 3.90. The second-order valence-electron chi connectivity index (χ2n) is 8.46. The molecule has 156 valence electrons. The van der Waals surface area contributed by atoms with E-state index >= 15 is 0 Å². The van der Waals surface area contributed by atoms with Crippen LogP contribution < -0.4 is 4.90 Å². The van der Waals surface area contributed by atoms with Gasteiger partial charge in [0.05, 0.1) is 0 Å². The van der Waals surface area contributed by atoms with Gasteiger partial charge < -0.3 is 9.80 Å². The Morgan fingerprint density at radius 1 is 0.929 bits per heavy atom. The maximum absolute atomic E-state index is 13.0. The second-order valence-corrected chi connectivity index (χ2v) is 8.46. The minimum Gasteiger partial charge on any atom is -0.338 e. The van der Waals surface area contributed by atoms with Gasteiger partial charge in [-0.2, -0.15) is 0 Å². The predicted octanol–water partition coefficient (Wildman–Crippen LogP) is 5.55. The predicted molar refractivity (Wildman–Crippen MR) is 116 cm³/mol. The first kappa shape index (κ1) is 22.4. The van der Waals surface area contributed by atoms with Crippen molar-refractivity contribution in [3.63, 3.8) is 0 Å². The third-order valence-corrected chi connectivity index (χ3v) is 5.40. The number of carbonyl (C=O) groups excluding carboxylic acids is 2. The van der Waals surface area contributed by atoms with Gasteiger partial charge in [0.15, 0.2) is 0 Å². The molecular formula is C24H38N2O2. The van der Waals surface area contributed by atoms with E-state index in [9.17, 15) is 9.59 Å². The molecule has 2 rings (SSSR count). The lowest BCUT2D eigenvalue weighted by atomic mass is 10.1. The molecule has 4 nitrogen and oxygen atoms in total. The minimum atomic E-state index is 0.198. The van der Waals surface area contributed by atoms with Crippen LogP contribution in [0, 0.1) is 5.92 Å². The van der Waals surface area contributed by atoms with E-state index in [-0.39, 0.29) is 11.8 Å². The van der Waals surface area contributed by atoms with E-state index in [0.717, 1.165) is 50.0 Å². The van der Waals surface area contributed by atoms with E-state index in [1.807, 2.05) is 21.9 Å². The van der Waals surface area contributed by atoms with Crippen molar-refractivity contribution in [1.29, 1.82) is 0 Å². The summed E-state index contributed by atoms with van der Waals surface area (Å²) in [6, 6.07) is 8.15.